The number of para-hydroxylation sites is 1. The van der Waals surface area contributed by atoms with Crippen LogP contribution in [0.2, 0.25) is 0 Å². The van der Waals surface area contributed by atoms with Gasteiger partial charge in [-0.15, -0.1) is 0 Å². The maximum atomic E-state index is 12.2. The molecule has 2 aromatic rings. The van der Waals surface area contributed by atoms with Gasteiger partial charge in [-0.05, 0) is 25.5 Å². The topological polar surface area (TPSA) is 64.3 Å². The minimum absolute atomic E-state index is 0.0591. The van der Waals surface area contributed by atoms with E-state index in [1.165, 1.54) is 0 Å². The molecule has 0 aliphatic carbocycles. The lowest BCUT2D eigenvalue weighted by Gasteiger charge is -2.15. The molecule has 23 heavy (non-hydrogen) atoms. The maximum absolute atomic E-state index is 12.2. The molecule has 0 saturated carbocycles. The molecule has 1 unspecified atom stereocenters. The monoisotopic (exact) mass is 312 g/mol. The van der Waals surface area contributed by atoms with Crippen LogP contribution >= 0.6 is 0 Å². The number of hydrogen-bond acceptors (Lipinski definition) is 3. The first-order valence-corrected chi connectivity index (χ1v) is 7.88. The molecule has 4 nitrogen and oxygen atoms in total. The minimum atomic E-state index is -0.206. The summed E-state index contributed by atoms with van der Waals surface area (Å²) < 4.78 is 5.74. The standard InChI is InChI=1S/C19H24N2O2/c1-14(2)23-18-11-7-6-10-16(18)12-19(22)21-13-17(20)15-8-4-3-5-9-15/h3-11,14,17H,12-13,20H2,1-2H3,(H,21,22). The Hall–Kier alpha value is -2.33. The number of nitrogens with one attached hydrogen (secondary N) is 1. The second kappa shape index (κ2) is 8.34. The van der Waals surface area contributed by atoms with Crippen LogP contribution in [-0.4, -0.2) is 18.6 Å². The molecule has 2 aromatic carbocycles. The molecular formula is C19H24N2O2. The van der Waals surface area contributed by atoms with Gasteiger partial charge in [0.1, 0.15) is 5.75 Å². The van der Waals surface area contributed by atoms with Gasteiger partial charge in [0.15, 0.2) is 0 Å². The smallest absolute Gasteiger partial charge is 0.224 e. The Bertz CT molecular complexity index is 626. The van der Waals surface area contributed by atoms with E-state index in [-0.39, 0.29) is 24.5 Å². The van der Waals surface area contributed by atoms with Crippen molar-refractivity contribution in [2.75, 3.05) is 6.54 Å². The Labute approximate surface area is 137 Å². The highest BCUT2D eigenvalue weighted by Crippen LogP contribution is 2.20. The van der Waals surface area contributed by atoms with E-state index < -0.39 is 0 Å². The minimum Gasteiger partial charge on any atom is -0.491 e. The van der Waals surface area contributed by atoms with Gasteiger partial charge in [0, 0.05) is 18.2 Å². The van der Waals surface area contributed by atoms with E-state index in [4.69, 9.17) is 10.5 Å². The van der Waals surface area contributed by atoms with Crippen LogP contribution in [0, 0.1) is 0 Å². The largest absolute Gasteiger partial charge is 0.491 e. The van der Waals surface area contributed by atoms with Gasteiger partial charge in [-0.1, -0.05) is 48.5 Å². The molecule has 0 spiro atoms. The molecule has 0 bridgehead atoms. The highest BCUT2D eigenvalue weighted by molar-refractivity contribution is 5.79. The van der Waals surface area contributed by atoms with E-state index >= 15 is 0 Å². The SMILES string of the molecule is CC(C)Oc1ccccc1CC(=O)NCC(N)c1ccccc1. The molecule has 1 amide bonds. The second-order valence-corrected chi connectivity index (χ2v) is 5.77. The van der Waals surface area contributed by atoms with E-state index in [0.29, 0.717) is 6.54 Å². The number of ether oxygens (including phenoxy) is 1. The number of benzene rings is 2. The number of rotatable bonds is 7. The van der Waals surface area contributed by atoms with E-state index in [9.17, 15) is 4.79 Å². The van der Waals surface area contributed by atoms with Crippen LogP contribution in [0.5, 0.6) is 5.75 Å². The van der Waals surface area contributed by atoms with Crippen molar-refractivity contribution < 1.29 is 9.53 Å². The zero-order valence-electron chi connectivity index (χ0n) is 13.7. The molecule has 3 N–H and O–H groups in total. The number of carbonyl (C=O) groups excluding carboxylic acids is 1. The fourth-order valence-corrected chi connectivity index (χ4v) is 2.30. The molecule has 0 radical (unpaired) electrons. The van der Waals surface area contributed by atoms with Gasteiger partial charge in [0.05, 0.1) is 12.5 Å². The summed E-state index contributed by atoms with van der Waals surface area (Å²) in [5.41, 5.74) is 7.99. The fourth-order valence-electron chi connectivity index (χ4n) is 2.30. The van der Waals surface area contributed by atoms with Crippen LogP contribution < -0.4 is 15.8 Å². The first kappa shape index (κ1) is 17.0. The van der Waals surface area contributed by atoms with Crippen molar-refractivity contribution in [2.24, 2.45) is 5.73 Å². The van der Waals surface area contributed by atoms with Crippen molar-refractivity contribution >= 4 is 5.91 Å². The molecule has 0 fully saturated rings. The van der Waals surface area contributed by atoms with Crippen LogP contribution in [0.1, 0.15) is 31.0 Å². The highest BCUT2D eigenvalue weighted by atomic mass is 16.5. The lowest BCUT2D eigenvalue weighted by atomic mass is 10.1. The third-order valence-electron chi connectivity index (χ3n) is 3.43. The van der Waals surface area contributed by atoms with Crippen molar-refractivity contribution in [1.29, 1.82) is 0 Å². The first-order valence-electron chi connectivity index (χ1n) is 7.88. The predicted molar refractivity (Wildman–Crippen MR) is 92.3 cm³/mol. The Morgan fingerprint density at radius 2 is 1.74 bits per heavy atom. The molecule has 2 rings (SSSR count). The van der Waals surface area contributed by atoms with Crippen LogP contribution in [0.15, 0.2) is 54.6 Å². The summed E-state index contributed by atoms with van der Waals surface area (Å²) >= 11 is 0. The van der Waals surface area contributed by atoms with E-state index in [1.54, 1.807) is 0 Å². The zero-order chi connectivity index (χ0) is 16.7. The van der Waals surface area contributed by atoms with Gasteiger partial charge < -0.3 is 15.8 Å². The van der Waals surface area contributed by atoms with Crippen LogP contribution in [-0.2, 0) is 11.2 Å². The van der Waals surface area contributed by atoms with Crippen LogP contribution in [0.4, 0.5) is 0 Å². The predicted octanol–water partition coefficient (Wildman–Crippen LogP) is 2.83. The third-order valence-corrected chi connectivity index (χ3v) is 3.43. The summed E-state index contributed by atoms with van der Waals surface area (Å²) in [6.45, 7) is 4.35. The number of nitrogens with two attached hydrogens (primary N) is 1. The summed E-state index contributed by atoms with van der Waals surface area (Å²) in [6, 6.07) is 17.2. The fraction of sp³-hybridized carbons (Fsp3) is 0.316. The lowest BCUT2D eigenvalue weighted by molar-refractivity contribution is -0.120. The molecule has 1 atom stereocenters. The average molecular weight is 312 g/mol. The average Bonchev–Trinajstić information content (AvgIpc) is 2.55. The summed E-state index contributed by atoms with van der Waals surface area (Å²) in [7, 11) is 0. The van der Waals surface area contributed by atoms with Gasteiger partial charge >= 0.3 is 0 Å². The number of amides is 1. The first-order chi connectivity index (χ1) is 11.1. The summed E-state index contributed by atoms with van der Waals surface area (Å²) in [6.07, 6.45) is 0.357. The van der Waals surface area contributed by atoms with Crippen molar-refractivity contribution in [3.63, 3.8) is 0 Å². The van der Waals surface area contributed by atoms with Crippen LogP contribution in [0.3, 0.4) is 0 Å². The van der Waals surface area contributed by atoms with Gasteiger partial charge in [0.2, 0.25) is 5.91 Å². The van der Waals surface area contributed by atoms with Gasteiger partial charge in [-0.3, -0.25) is 4.79 Å². The molecule has 0 aliphatic rings. The Morgan fingerprint density at radius 1 is 1.09 bits per heavy atom. The third kappa shape index (κ3) is 5.42. The summed E-state index contributed by atoms with van der Waals surface area (Å²) in [4.78, 5) is 12.2. The van der Waals surface area contributed by atoms with Crippen LogP contribution in [0.25, 0.3) is 0 Å². The number of hydrogen-bond donors (Lipinski definition) is 2. The Balaban J connectivity index is 1.90. The van der Waals surface area contributed by atoms with Crippen molar-refractivity contribution in [1.82, 2.24) is 5.32 Å². The Kier molecular flexibility index (Phi) is 6.18. The van der Waals surface area contributed by atoms with Gasteiger partial charge in [-0.25, -0.2) is 0 Å². The molecule has 122 valence electrons. The van der Waals surface area contributed by atoms with E-state index in [0.717, 1.165) is 16.9 Å². The summed E-state index contributed by atoms with van der Waals surface area (Å²) in [5.74, 6) is 0.696. The molecule has 0 aromatic heterocycles. The normalized spacial score (nSPS) is 12.0. The molecule has 0 aliphatic heterocycles. The quantitative estimate of drug-likeness (QED) is 0.826. The van der Waals surface area contributed by atoms with Gasteiger partial charge in [0.25, 0.3) is 0 Å². The summed E-state index contributed by atoms with van der Waals surface area (Å²) in [5, 5.41) is 2.89. The molecule has 0 heterocycles. The second-order valence-electron chi connectivity index (χ2n) is 5.77. The highest BCUT2D eigenvalue weighted by Gasteiger charge is 2.11. The van der Waals surface area contributed by atoms with Crippen molar-refractivity contribution in [3.8, 4) is 5.75 Å². The van der Waals surface area contributed by atoms with Crippen molar-refractivity contribution in [3.05, 3.63) is 65.7 Å². The lowest BCUT2D eigenvalue weighted by Crippen LogP contribution is -2.33. The van der Waals surface area contributed by atoms with Gasteiger partial charge in [-0.2, -0.15) is 0 Å². The number of carbonyl (C=O) groups is 1. The Morgan fingerprint density at radius 3 is 2.43 bits per heavy atom. The zero-order valence-corrected chi connectivity index (χ0v) is 13.7. The maximum Gasteiger partial charge on any atom is 0.224 e. The molecule has 0 saturated heterocycles. The van der Waals surface area contributed by atoms with E-state index in [1.807, 2.05) is 68.4 Å². The molecular weight excluding hydrogens is 288 g/mol. The molecule has 4 heteroatoms. The van der Waals surface area contributed by atoms with E-state index in [2.05, 4.69) is 5.32 Å². The van der Waals surface area contributed by atoms with Crippen molar-refractivity contribution in [2.45, 2.75) is 32.4 Å².